The third-order valence-corrected chi connectivity index (χ3v) is 4.06. The van der Waals surface area contributed by atoms with Crippen molar-refractivity contribution in [3.8, 4) is 0 Å². The van der Waals surface area contributed by atoms with Crippen LogP contribution < -0.4 is 15.5 Å². The van der Waals surface area contributed by atoms with Gasteiger partial charge in [-0.25, -0.2) is 14.6 Å². The van der Waals surface area contributed by atoms with Crippen LogP contribution in [0.15, 0.2) is 29.5 Å². The van der Waals surface area contributed by atoms with Crippen LogP contribution in [0.4, 0.5) is 5.82 Å². The highest BCUT2D eigenvalue weighted by atomic mass is 15.4. The predicted octanol–water partition coefficient (Wildman–Crippen LogP) is 0.419. The summed E-state index contributed by atoms with van der Waals surface area (Å²) >= 11 is 0. The predicted molar refractivity (Wildman–Crippen MR) is 94.0 cm³/mol. The topological polar surface area (TPSA) is 83.3 Å². The average molecular weight is 328 g/mol. The zero-order valence-corrected chi connectivity index (χ0v) is 14.4. The molecule has 0 saturated heterocycles. The third kappa shape index (κ3) is 3.81. The van der Waals surface area contributed by atoms with E-state index in [1.165, 1.54) is 0 Å². The number of aromatic nitrogens is 4. The lowest BCUT2D eigenvalue weighted by Crippen LogP contribution is -2.46. The maximum atomic E-state index is 4.61. The Kier molecular flexibility index (Phi) is 4.93. The Morgan fingerprint density at radius 1 is 1.42 bits per heavy atom. The lowest BCUT2D eigenvalue weighted by molar-refractivity contribution is 0.392. The standard InChI is InChI=1S/C16H24N8/c1-17-16(18-9-12-5-4-6-15(21-12)23(2)3)22-13-7-8-14-19-11-20-24(14)10-13/h4-6,11,13H,7-10H2,1-3H3,(H2,17,18,22). The summed E-state index contributed by atoms with van der Waals surface area (Å²) in [4.78, 5) is 15.2. The number of hydrogen-bond acceptors (Lipinski definition) is 5. The molecule has 8 nitrogen and oxygen atoms in total. The highest BCUT2D eigenvalue weighted by molar-refractivity contribution is 5.79. The molecule has 1 unspecified atom stereocenters. The fraction of sp³-hybridized carbons (Fsp3) is 0.500. The van der Waals surface area contributed by atoms with Gasteiger partial charge in [-0.05, 0) is 18.6 Å². The van der Waals surface area contributed by atoms with Crippen LogP contribution in [0.1, 0.15) is 17.9 Å². The molecule has 0 aromatic carbocycles. The van der Waals surface area contributed by atoms with E-state index >= 15 is 0 Å². The molecule has 1 aliphatic rings. The first-order valence-corrected chi connectivity index (χ1v) is 8.13. The highest BCUT2D eigenvalue weighted by Gasteiger charge is 2.20. The number of aliphatic imine (C=N–C) groups is 1. The zero-order valence-electron chi connectivity index (χ0n) is 14.4. The molecule has 128 valence electrons. The Balaban J connectivity index is 1.55. The normalized spacial score (nSPS) is 17.3. The van der Waals surface area contributed by atoms with Crippen molar-refractivity contribution in [1.82, 2.24) is 30.4 Å². The van der Waals surface area contributed by atoms with Crippen molar-refractivity contribution in [3.05, 3.63) is 36.0 Å². The number of pyridine rings is 1. The van der Waals surface area contributed by atoms with Gasteiger partial charge in [0.2, 0.25) is 0 Å². The van der Waals surface area contributed by atoms with Crippen molar-refractivity contribution in [3.63, 3.8) is 0 Å². The maximum Gasteiger partial charge on any atom is 0.191 e. The summed E-state index contributed by atoms with van der Waals surface area (Å²) in [6.07, 6.45) is 3.57. The molecule has 0 spiro atoms. The fourth-order valence-corrected chi connectivity index (χ4v) is 2.73. The first-order valence-electron chi connectivity index (χ1n) is 8.13. The van der Waals surface area contributed by atoms with Gasteiger partial charge in [-0.3, -0.25) is 4.99 Å². The van der Waals surface area contributed by atoms with E-state index in [4.69, 9.17) is 0 Å². The van der Waals surface area contributed by atoms with E-state index < -0.39 is 0 Å². The van der Waals surface area contributed by atoms with E-state index in [-0.39, 0.29) is 0 Å². The molecule has 8 heteroatoms. The van der Waals surface area contributed by atoms with Gasteiger partial charge in [-0.15, -0.1) is 0 Å². The van der Waals surface area contributed by atoms with Crippen LogP contribution in [0.3, 0.4) is 0 Å². The first kappa shape index (κ1) is 16.2. The molecule has 3 rings (SSSR count). The van der Waals surface area contributed by atoms with Crippen molar-refractivity contribution in [2.75, 3.05) is 26.0 Å². The fourth-order valence-electron chi connectivity index (χ4n) is 2.73. The molecule has 3 heterocycles. The van der Waals surface area contributed by atoms with Gasteiger partial charge in [0, 0.05) is 33.6 Å². The summed E-state index contributed by atoms with van der Waals surface area (Å²) in [6, 6.07) is 6.32. The quantitative estimate of drug-likeness (QED) is 0.625. The SMILES string of the molecule is CN=C(NCc1cccc(N(C)C)n1)NC1CCc2ncnn2C1. The molecule has 1 aliphatic heterocycles. The van der Waals surface area contributed by atoms with E-state index in [9.17, 15) is 0 Å². The summed E-state index contributed by atoms with van der Waals surface area (Å²) in [5.74, 6) is 2.78. The molecule has 0 amide bonds. The van der Waals surface area contributed by atoms with E-state index in [1.54, 1.807) is 13.4 Å². The lowest BCUT2D eigenvalue weighted by atomic mass is 10.1. The number of nitrogens with zero attached hydrogens (tertiary/aromatic N) is 6. The zero-order chi connectivity index (χ0) is 16.9. The van der Waals surface area contributed by atoms with Crippen molar-refractivity contribution in [2.24, 2.45) is 4.99 Å². The molecular formula is C16H24N8. The molecule has 0 saturated carbocycles. The summed E-state index contributed by atoms with van der Waals surface area (Å²) in [5, 5.41) is 11.0. The summed E-state index contributed by atoms with van der Waals surface area (Å²) < 4.78 is 1.95. The first-order chi connectivity index (χ1) is 11.7. The van der Waals surface area contributed by atoms with Gasteiger partial charge in [0.25, 0.3) is 0 Å². The number of hydrogen-bond donors (Lipinski definition) is 2. The van der Waals surface area contributed by atoms with Crippen LogP contribution >= 0.6 is 0 Å². The van der Waals surface area contributed by atoms with E-state index in [1.807, 2.05) is 41.9 Å². The van der Waals surface area contributed by atoms with Gasteiger partial charge in [0.05, 0.1) is 18.8 Å². The number of fused-ring (bicyclic) bond motifs is 1. The summed E-state index contributed by atoms with van der Waals surface area (Å²) in [7, 11) is 5.76. The van der Waals surface area contributed by atoms with Gasteiger partial charge in [0.15, 0.2) is 5.96 Å². The molecule has 24 heavy (non-hydrogen) atoms. The second-order valence-corrected chi connectivity index (χ2v) is 6.05. The van der Waals surface area contributed by atoms with Gasteiger partial charge >= 0.3 is 0 Å². The molecule has 0 bridgehead atoms. The number of nitrogens with one attached hydrogen (secondary N) is 2. The van der Waals surface area contributed by atoms with Gasteiger partial charge in [-0.1, -0.05) is 6.07 Å². The Morgan fingerprint density at radius 3 is 3.08 bits per heavy atom. The maximum absolute atomic E-state index is 4.61. The van der Waals surface area contributed by atoms with Gasteiger partial charge in [-0.2, -0.15) is 5.10 Å². The second-order valence-electron chi connectivity index (χ2n) is 6.05. The minimum atomic E-state index is 0.298. The largest absolute Gasteiger partial charge is 0.363 e. The third-order valence-electron chi connectivity index (χ3n) is 4.06. The monoisotopic (exact) mass is 328 g/mol. The molecule has 2 aromatic rings. The number of anilines is 1. The average Bonchev–Trinajstić information content (AvgIpc) is 3.06. The Morgan fingerprint density at radius 2 is 2.29 bits per heavy atom. The lowest BCUT2D eigenvalue weighted by Gasteiger charge is -2.25. The van der Waals surface area contributed by atoms with Crippen LogP contribution in [0.2, 0.25) is 0 Å². The van der Waals surface area contributed by atoms with Gasteiger partial charge in [0.1, 0.15) is 18.0 Å². The molecule has 2 aromatic heterocycles. The van der Waals surface area contributed by atoms with Crippen LogP contribution in [0.25, 0.3) is 0 Å². The Bertz CT molecular complexity index is 706. The number of guanidine groups is 1. The summed E-state index contributed by atoms with van der Waals surface area (Å²) in [5.41, 5.74) is 0.978. The van der Waals surface area contributed by atoms with Gasteiger partial charge < -0.3 is 15.5 Å². The van der Waals surface area contributed by atoms with E-state index in [0.29, 0.717) is 12.6 Å². The van der Waals surface area contributed by atoms with Crippen molar-refractivity contribution in [1.29, 1.82) is 0 Å². The molecule has 2 N–H and O–H groups in total. The highest BCUT2D eigenvalue weighted by Crippen LogP contribution is 2.11. The molecule has 0 radical (unpaired) electrons. The minimum Gasteiger partial charge on any atom is -0.363 e. The van der Waals surface area contributed by atoms with Crippen molar-refractivity contribution < 1.29 is 0 Å². The molecule has 1 atom stereocenters. The van der Waals surface area contributed by atoms with E-state index in [2.05, 4.69) is 30.7 Å². The number of rotatable bonds is 4. The Hall–Kier alpha value is -2.64. The molecular weight excluding hydrogens is 304 g/mol. The Labute approximate surface area is 142 Å². The van der Waals surface area contributed by atoms with Crippen molar-refractivity contribution >= 4 is 11.8 Å². The van der Waals surface area contributed by atoms with Crippen LogP contribution in [-0.2, 0) is 19.5 Å². The number of aryl methyl sites for hydroxylation is 1. The van der Waals surface area contributed by atoms with E-state index in [0.717, 1.165) is 42.7 Å². The second kappa shape index (κ2) is 7.29. The van der Waals surface area contributed by atoms with Crippen LogP contribution in [0, 0.1) is 0 Å². The minimum absolute atomic E-state index is 0.298. The van der Waals surface area contributed by atoms with Crippen LogP contribution in [0.5, 0.6) is 0 Å². The van der Waals surface area contributed by atoms with Crippen molar-refractivity contribution in [2.45, 2.75) is 32.0 Å². The smallest absolute Gasteiger partial charge is 0.191 e. The van der Waals surface area contributed by atoms with Crippen LogP contribution in [-0.4, -0.2) is 52.9 Å². The molecule has 0 aliphatic carbocycles. The summed E-state index contributed by atoms with van der Waals surface area (Å²) in [6.45, 7) is 1.44. The molecule has 0 fully saturated rings.